The van der Waals surface area contributed by atoms with Crippen LogP contribution >= 0.6 is 11.3 Å². The Morgan fingerprint density at radius 2 is 1.86 bits per heavy atom. The zero-order valence-electron chi connectivity index (χ0n) is 16.2. The van der Waals surface area contributed by atoms with Crippen LogP contribution in [0.2, 0.25) is 0 Å². The average molecular weight is 416 g/mol. The maximum absolute atomic E-state index is 13.8. The second kappa shape index (κ2) is 8.45. The molecule has 0 unspecified atom stereocenters. The number of likely N-dealkylation sites (tertiary alicyclic amines) is 1. The number of hydrogen-bond donors (Lipinski definition) is 0. The zero-order valence-corrected chi connectivity index (χ0v) is 17.0. The first-order chi connectivity index (χ1) is 14.0. The summed E-state index contributed by atoms with van der Waals surface area (Å²) in [5.41, 5.74) is 2.42. The minimum Gasteiger partial charge on any atom is -0.467 e. The van der Waals surface area contributed by atoms with Gasteiger partial charge < -0.3 is 9.64 Å². The molecule has 4 nitrogen and oxygen atoms in total. The number of benzene rings is 2. The van der Waals surface area contributed by atoms with Gasteiger partial charge in [0.15, 0.2) is 5.82 Å². The van der Waals surface area contributed by atoms with Gasteiger partial charge in [-0.2, -0.15) is 4.98 Å². The fourth-order valence-electron chi connectivity index (χ4n) is 3.53. The van der Waals surface area contributed by atoms with Crippen LogP contribution in [-0.4, -0.2) is 35.0 Å². The van der Waals surface area contributed by atoms with Crippen LogP contribution in [0.3, 0.4) is 0 Å². The number of fused-ring (bicyclic) bond motifs is 1. The van der Waals surface area contributed by atoms with Crippen LogP contribution in [-0.2, 0) is 17.6 Å². The first kappa shape index (κ1) is 19.8. The molecule has 1 fully saturated rings. The van der Waals surface area contributed by atoms with E-state index in [2.05, 4.69) is 24.0 Å². The monoisotopic (exact) mass is 416 g/mol. The predicted octanol–water partition coefficient (Wildman–Crippen LogP) is 4.75. The average Bonchev–Trinajstić information content (AvgIpc) is 3.11. The molecular formula is C22H22F2N2O2S. The van der Waals surface area contributed by atoms with Crippen molar-refractivity contribution in [3.63, 3.8) is 0 Å². The number of aryl methyl sites for hydroxylation is 1. The van der Waals surface area contributed by atoms with Crippen molar-refractivity contribution in [2.75, 3.05) is 13.1 Å². The first-order valence-corrected chi connectivity index (χ1v) is 10.6. The Morgan fingerprint density at radius 3 is 2.55 bits per heavy atom. The number of hydrogen-bond acceptors (Lipinski definition) is 4. The van der Waals surface area contributed by atoms with Crippen LogP contribution in [0.1, 0.15) is 30.9 Å². The van der Waals surface area contributed by atoms with E-state index < -0.39 is 11.6 Å². The molecule has 1 aromatic heterocycles. The van der Waals surface area contributed by atoms with Gasteiger partial charge in [-0.15, -0.1) is 0 Å². The van der Waals surface area contributed by atoms with Crippen LogP contribution in [0.5, 0.6) is 5.19 Å². The first-order valence-electron chi connectivity index (χ1n) is 9.79. The minimum atomic E-state index is -0.682. The predicted molar refractivity (Wildman–Crippen MR) is 109 cm³/mol. The van der Waals surface area contributed by atoms with E-state index in [-0.39, 0.29) is 17.5 Å². The molecule has 4 rings (SSSR count). The summed E-state index contributed by atoms with van der Waals surface area (Å²) < 4.78 is 33.5. The maximum Gasteiger partial charge on any atom is 0.274 e. The van der Waals surface area contributed by atoms with Gasteiger partial charge in [-0.05, 0) is 23.6 Å². The van der Waals surface area contributed by atoms with Crippen LogP contribution in [0, 0.1) is 11.6 Å². The highest BCUT2D eigenvalue weighted by Crippen LogP contribution is 2.32. The van der Waals surface area contributed by atoms with E-state index in [0.29, 0.717) is 42.2 Å². The van der Waals surface area contributed by atoms with Gasteiger partial charge in [0, 0.05) is 32.0 Å². The van der Waals surface area contributed by atoms with Crippen molar-refractivity contribution >= 4 is 27.5 Å². The Kier molecular flexibility index (Phi) is 5.76. The smallest absolute Gasteiger partial charge is 0.274 e. The van der Waals surface area contributed by atoms with Crippen LogP contribution in [0.15, 0.2) is 36.4 Å². The summed E-state index contributed by atoms with van der Waals surface area (Å²) in [4.78, 5) is 18.6. The third-order valence-electron chi connectivity index (χ3n) is 5.24. The second-order valence-electron chi connectivity index (χ2n) is 7.26. The molecule has 1 aliphatic heterocycles. The molecule has 0 atom stereocenters. The van der Waals surface area contributed by atoms with E-state index >= 15 is 0 Å². The van der Waals surface area contributed by atoms with E-state index in [1.54, 1.807) is 0 Å². The van der Waals surface area contributed by atoms with Gasteiger partial charge in [-0.1, -0.05) is 42.5 Å². The highest BCUT2D eigenvalue weighted by atomic mass is 32.1. The molecule has 3 aromatic rings. The summed E-state index contributed by atoms with van der Waals surface area (Å²) in [5.74, 6) is -1.19. The zero-order chi connectivity index (χ0) is 20.4. The van der Waals surface area contributed by atoms with Gasteiger partial charge in [0.05, 0.1) is 11.1 Å². The van der Waals surface area contributed by atoms with Crippen molar-refractivity contribution in [1.29, 1.82) is 0 Å². The van der Waals surface area contributed by atoms with Crippen LogP contribution in [0.4, 0.5) is 8.78 Å². The Hall–Kier alpha value is -2.54. The second-order valence-corrected chi connectivity index (χ2v) is 8.25. The van der Waals surface area contributed by atoms with Crippen molar-refractivity contribution in [1.82, 2.24) is 9.88 Å². The standard InChI is InChI=1S/C22H22F2N2O2S/c1-2-14-3-5-15(6-4-14)11-20(27)26-9-7-17(8-10-26)28-22-25-21-18(24)12-16(23)13-19(21)29-22/h3-6,12-13,17H,2,7-11H2,1H3. The van der Waals surface area contributed by atoms with Gasteiger partial charge >= 0.3 is 0 Å². The Morgan fingerprint density at radius 1 is 1.17 bits per heavy atom. The fourth-order valence-corrected chi connectivity index (χ4v) is 4.45. The molecule has 2 heterocycles. The lowest BCUT2D eigenvalue weighted by molar-refractivity contribution is -0.132. The molecule has 0 bridgehead atoms. The molecule has 0 spiro atoms. The summed E-state index contributed by atoms with van der Waals surface area (Å²) in [7, 11) is 0. The summed E-state index contributed by atoms with van der Waals surface area (Å²) in [6.07, 6.45) is 2.67. The number of carbonyl (C=O) groups excluding carboxylic acids is 1. The molecule has 0 aliphatic carbocycles. The Labute approximate surface area is 172 Å². The van der Waals surface area contributed by atoms with Gasteiger partial charge in [0.1, 0.15) is 17.4 Å². The number of rotatable bonds is 5. The van der Waals surface area contributed by atoms with E-state index in [1.807, 2.05) is 17.0 Å². The van der Waals surface area contributed by atoms with Gasteiger partial charge in [0.2, 0.25) is 5.91 Å². The van der Waals surface area contributed by atoms with Crippen molar-refractivity contribution in [3.8, 4) is 5.19 Å². The van der Waals surface area contributed by atoms with Crippen molar-refractivity contribution < 1.29 is 18.3 Å². The minimum absolute atomic E-state index is 0.0867. The largest absolute Gasteiger partial charge is 0.467 e. The lowest BCUT2D eigenvalue weighted by Crippen LogP contribution is -2.42. The lowest BCUT2D eigenvalue weighted by Gasteiger charge is -2.31. The summed E-state index contributed by atoms with van der Waals surface area (Å²) in [6, 6.07) is 10.2. The van der Waals surface area contributed by atoms with Gasteiger partial charge in [0.25, 0.3) is 5.19 Å². The number of ether oxygens (including phenoxy) is 1. The quantitative estimate of drug-likeness (QED) is 0.603. The van der Waals surface area contributed by atoms with Gasteiger partial charge in [-0.3, -0.25) is 4.79 Å². The van der Waals surface area contributed by atoms with Gasteiger partial charge in [-0.25, -0.2) is 8.78 Å². The number of nitrogens with zero attached hydrogens (tertiary/aromatic N) is 2. The lowest BCUT2D eigenvalue weighted by atomic mass is 10.0. The number of amides is 1. The Balaban J connectivity index is 1.32. The molecule has 1 amide bonds. The molecule has 29 heavy (non-hydrogen) atoms. The van der Waals surface area contributed by atoms with Crippen molar-refractivity contribution in [2.24, 2.45) is 0 Å². The number of thiazole rings is 1. The van der Waals surface area contributed by atoms with Crippen LogP contribution < -0.4 is 4.74 Å². The summed E-state index contributed by atoms with van der Waals surface area (Å²) >= 11 is 1.14. The molecular weight excluding hydrogens is 394 g/mol. The number of aromatic nitrogens is 1. The fraction of sp³-hybridized carbons (Fsp3) is 0.364. The maximum atomic E-state index is 13.8. The Bertz CT molecular complexity index is 1010. The molecule has 0 N–H and O–H groups in total. The molecule has 0 saturated carbocycles. The highest BCUT2D eigenvalue weighted by molar-refractivity contribution is 7.20. The number of halogens is 2. The molecule has 1 saturated heterocycles. The highest BCUT2D eigenvalue weighted by Gasteiger charge is 2.25. The normalized spacial score (nSPS) is 15.1. The third-order valence-corrected chi connectivity index (χ3v) is 6.14. The molecule has 152 valence electrons. The van der Waals surface area contributed by atoms with Crippen LogP contribution in [0.25, 0.3) is 10.2 Å². The molecule has 0 radical (unpaired) electrons. The van der Waals surface area contributed by atoms with Crippen molar-refractivity contribution in [2.45, 2.75) is 38.7 Å². The van der Waals surface area contributed by atoms with E-state index in [0.717, 1.165) is 29.4 Å². The van der Waals surface area contributed by atoms with E-state index in [1.165, 1.54) is 11.6 Å². The summed E-state index contributed by atoms with van der Waals surface area (Å²) in [5, 5.41) is 0.338. The SMILES string of the molecule is CCc1ccc(CC(=O)N2CCC(Oc3nc4c(F)cc(F)cc4s3)CC2)cc1. The number of carbonyl (C=O) groups is 1. The third kappa shape index (κ3) is 4.56. The van der Waals surface area contributed by atoms with E-state index in [9.17, 15) is 13.6 Å². The molecule has 1 aliphatic rings. The van der Waals surface area contributed by atoms with Crippen molar-refractivity contribution in [3.05, 3.63) is 59.2 Å². The van der Waals surface area contributed by atoms with E-state index in [4.69, 9.17) is 4.74 Å². The number of piperidine rings is 1. The molecule has 2 aromatic carbocycles. The molecule has 7 heteroatoms. The topological polar surface area (TPSA) is 42.4 Å². The summed E-state index contributed by atoms with van der Waals surface area (Å²) in [6.45, 7) is 3.34.